The first-order valence-corrected chi connectivity index (χ1v) is 9.55. The van der Waals surface area contributed by atoms with Crippen molar-refractivity contribution in [1.29, 1.82) is 0 Å². The number of nitrogens with zero attached hydrogens (tertiary/aromatic N) is 3. The van der Waals surface area contributed by atoms with Crippen LogP contribution in [-0.4, -0.2) is 52.1 Å². The van der Waals surface area contributed by atoms with E-state index < -0.39 is 0 Å². The number of nitrogens with one attached hydrogen (secondary N) is 1. The van der Waals surface area contributed by atoms with Crippen LogP contribution in [0.2, 0.25) is 0 Å². The summed E-state index contributed by atoms with van der Waals surface area (Å²) in [6.45, 7) is 2.35. The minimum atomic E-state index is -0.165. The van der Waals surface area contributed by atoms with E-state index in [1.54, 1.807) is 25.4 Å². The van der Waals surface area contributed by atoms with E-state index in [1.165, 1.54) is 0 Å². The predicted molar refractivity (Wildman–Crippen MR) is 108 cm³/mol. The summed E-state index contributed by atoms with van der Waals surface area (Å²) in [5, 5.41) is 7.96. The lowest BCUT2D eigenvalue weighted by atomic mass is 10.0. The SMILES string of the molecule is COc1ccc2c(c1CN1CC[C@H](N)C1)O/C(=C\c1n[nH]c3ncccc13)C2=O. The minimum absolute atomic E-state index is 0.165. The molecule has 29 heavy (non-hydrogen) atoms. The van der Waals surface area contributed by atoms with Crippen LogP contribution in [0.25, 0.3) is 17.1 Å². The molecule has 1 aromatic carbocycles. The molecule has 2 aromatic heterocycles. The van der Waals surface area contributed by atoms with Gasteiger partial charge in [0.05, 0.1) is 23.9 Å². The molecule has 148 valence electrons. The maximum Gasteiger partial charge on any atom is 0.232 e. The summed E-state index contributed by atoms with van der Waals surface area (Å²) in [7, 11) is 1.62. The van der Waals surface area contributed by atoms with Crippen molar-refractivity contribution in [2.75, 3.05) is 20.2 Å². The van der Waals surface area contributed by atoms with Crippen molar-refractivity contribution in [2.24, 2.45) is 5.73 Å². The van der Waals surface area contributed by atoms with Crippen molar-refractivity contribution in [3.8, 4) is 11.5 Å². The van der Waals surface area contributed by atoms with Crippen LogP contribution in [0.15, 0.2) is 36.2 Å². The number of allylic oxidation sites excluding steroid dienone is 1. The van der Waals surface area contributed by atoms with Crippen LogP contribution in [0.1, 0.15) is 28.0 Å². The van der Waals surface area contributed by atoms with E-state index >= 15 is 0 Å². The number of fused-ring (bicyclic) bond motifs is 2. The van der Waals surface area contributed by atoms with Crippen molar-refractivity contribution < 1.29 is 14.3 Å². The molecule has 2 aliphatic heterocycles. The first-order chi connectivity index (χ1) is 14.1. The van der Waals surface area contributed by atoms with Crippen molar-refractivity contribution in [1.82, 2.24) is 20.1 Å². The fourth-order valence-electron chi connectivity index (χ4n) is 3.97. The molecule has 3 aromatic rings. The fourth-order valence-corrected chi connectivity index (χ4v) is 3.97. The molecule has 2 aliphatic rings. The molecule has 0 unspecified atom stereocenters. The highest BCUT2D eigenvalue weighted by atomic mass is 16.5. The van der Waals surface area contributed by atoms with E-state index in [9.17, 15) is 4.79 Å². The first-order valence-electron chi connectivity index (χ1n) is 9.55. The number of carbonyl (C=O) groups is 1. The Morgan fingerprint density at radius 2 is 2.31 bits per heavy atom. The topological polar surface area (TPSA) is 106 Å². The van der Waals surface area contributed by atoms with Gasteiger partial charge in [-0.1, -0.05) is 0 Å². The Labute approximate surface area is 167 Å². The van der Waals surface area contributed by atoms with Crippen molar-refractivity contribution >= 4 is 22.9 Å². The minimum Gasteiger partial charge on any atom is -0.496 e. The Morgan fingerprint density at radius 1 is 1.41 bits per heavy atom. The Hall–Kier alpha value is -3.23. The summed E-state index contributed by atoms with van der Waals surface area (Å²) in [6, 6.07) is 7.48. The molecular weight excluding hydrogens is 370 g/mol. The van der Waals surface area contributed by atoms with E-state index in [1.807, 2.05) is 18.2 Å². The number of ether oxygens (including phenoxy) is 2. The maximum absolute atomic E-state index is 13.0. The van der Waals surface area contributed by atoms with Gasteiger partial charge in [-0.3, -0.25) is 14.8 Å². The summed E-state index contributed by atoms with van der Waals surface area (Å²) >= 11 is 0. The molecule has 8 nitrogen and oxygen atoms in total. The normalized spacial score (nSPS) is 20.4. The molecule has 0 amide bonds. The molecule has 0 saturated carbocycles. The summed E-state index contributed by atoms with van der Waals surface area (Å²) in [4.78, 5) is 19.5. The van der Waals surface area contributed by atoms with Crippen LogP contribution in [0, 0.1) is 0 Å². The molecule has 5 rings (SSSR count). The smallest absolute Gasteiger partial charge is 0.232 e. The average molecular weight is 391 g/mol. The zero-order chi connectivity index (χ0) is 20.0. The summed E-state index contributed by atoms with van der Waals surface area (Å²) in [6.07, 6.45) is 4.31. The number of H-pyrrole nitrogens is 1. The quantitative estimate of drug-likeness (QED) is 0.656. The lowest BCUT2D eigenvalue weighted by Gasteiger charge is -2.19. The van der Waals surface area contributed by atoms with E-state index in [0.717, 1.165) is 30.5 Å². The Kier molecular flexibility index (Phi) is 4.30. The van der Waals surface area contributed by atoms with Gasteiger partial charge in [-0.25, -0.2) is 4.98 Å². The molecule has 1 atom stereocenters. The summed E-state index contributed by atoms with van der Waals surface area (Å²) in [5.41, 5.74) is 8.72. The summed E-state index contributed by atoms with van der Waals surface area (Å²) in [5.74, 6) is 1.33. The zero-order valence-electron chi connectivity index (χ0n) is 16.0. The number of methoxy groups -OCH3 is 1. The number of hydrogen-bond acceptors (Lipinski definition) is 7. The number of hydrogen-bond donors (Lipinski definition) is 2. The monoisotopic (exact) mass is 391 g/mol. The van der Waals surface area contributed by atoms with Gasteiger partial charge >= 0.3 is 0 Å². The molecule has 8 heteroatoms. The van der Waals surface area contributed by atoms with Crippen molar-refractivity contribution in [3.05, 3.63) is 53.0 Å². The van der Waals surface area contributed by atoms with Crippen LogP contribution in [0.5, 0.6) is 11.5 Å². The molecule has 0 bridgehead atoms. The largest absolute Gasteiger partial charge is 0.496 e. The van der Waals surface area contributed by atoms with Crippen LogP contribution in [0.3, 0.4) is 0 Å². The Balaban J connectivity index is 1.52. The average Bonchev–Trinajstić information content (AvgIpc) is 3.42. The number of benzene rings is 1. The molecular formula is C21H21N5O3. The zero-order valence-corrected chi connectivity index (χ0v) is 16.0. The Bertz CT molecular complexity index is 1140. The number of pyridine rings is 1. The van der Waals surface area contributed by atoms with Crippen LogP contribution < -0.4 is 15.2 Å². The maximum atomic E-state index is 13.0. The highest BCUT2D eigenvalue weighted by Crippen LogP contribution is 2.41. The highest BCUT2D eigenvalue weighted by Gasteiger charge is 2.33. The van der Waals surface area contributed by atoms with Gasteiger partial charge in [0.15, 0.2) is 11.4 Å². The lowest BCUT2D eigenvalue weighted by Crippen LogP contribution is -2.26. The number of Topliss-reactive ketones (excluding diaryl/α,β-unsaturated/α-hetero) is 1. The van der Waals surface area contributed by atoms with Crippen LogP contribution >= 0.6 is 0 Å². The third kappa shape index (κ3) is 3.06. The molecule has 0 aliphatic carbocycles. The number of aromatic nitrogens is 3. The third-order valence-electron chi connectivity index (χ3n) is 5.44. The third-order valence-corrected chi connectivity index (χ3v) is 5.44. The van der Waals surface area contributed by atoms with E-state index in [2.05, 4.69) is 20.1 Å². The van der Waals surface area contributed by atoms with Gasteiger partial charge in [0.25, 0.3) is 0 Å². The molecule has 3 N–H and O–H groups in total. The van der Waals surface area contributed by atoms with E-state index in [0.29, 0.717) is 34.9 Å². The van der Waals surface area contributed by atoms with Crippen molar-refractivity contribution in [2.45, 2.75) is 19.0 Å². The van der Waals surface area contributed by atoms with Crippen LogP contribution in [-0.2, 0) is 6.54 Å². The second-order valence-corrected chi connectivity index (χ2v) is 7.36. The number of aromatic amines is 1. The second kappa shape index (κ2) is 6.98. The summed E-state index contributed by atoms with van der Waals surface area (Å²) < 4.78 is 11.6. The van der Waals surface area contributed by atoms with Gasteiger partial charge in [0, 0.05) is 43.3 Å². The van der Waals surface area contributed by atoms with Gasteiger partial charge in [0.2, 0.25) is 5.78 Å². The van der Waals surface area contributed by atoms with E-state index in [-0.39, 0.29) is 17.6 Å². The van der Waals surface area contributed by atoms with E-state index in [4.69, 9.17) is 15.2 Å². The number of likely N-dealkylation sites (tertiary alicyclic amines) is 1. The number of rotatable bonds is 4. The molecule has 0 radical (unpaired) electrons. The first kappa shape index (κ1) is 17.8. The molecule has 0 spiro atoms. The number of nitrogens with two attached hydrogens (primary N) is 1. The van der Waals surface area contributed by atoms with Crippen LogP contribution in [0.4, 0.5) is 0 Å². The molecule has 1 saturated heterocycles. The van der Waals surface area contributed by atoms with Gasteiger partial charge in [-0.2, -0.15) is 5.10 Å². The number of ketones is 1. The van der Waals surface area contributed by atoms with Gasteiger partial charge in [0.1, 0.15) is 11.5 Å². The lowest BCUT2D eigenvalue weighted by molar-refractivity contribution is 0.101. The van der Waals surface area contributed by atoms with Gasteiger partial charge < -0.3 is 15.2 Å². The Morgan fingerprint density at radius 3 is 3.10 bits per heavy atom. The second-order valence-electron chi connectivity index (χ2n) is 7.36. The fraction of sp³-hybridized carbons (Fsp3) is 0.286. The van der Waals surface area contributed by atoms with Crippen molar-refractivity contribution in [3.63, 3.8) is 0 Å². The molecule has 4 heterocycles. The highest BCUT2D eigenvalue weighted by molar-refractivity contribution is 6.15. The number of carbonyl (C=O) groups excluding carboxylic acids is 1. The molecule has 1 fully saturated rings. The standard InChI is InChI=1S/C21H21N5O3/c1-28-17-5-4-14-19(27)18(9-16-13-3-2-7-23-21(13)25-24-16)29-20(14)15(17)11-26-8-6-12(22)10-26/h2-5,7,9,12H,6,8,10-11,22H2,1H3,(H,23,24,25)/b18-9-/t12-/m0/s1. The van der Waals surface area contributed by atoms with Gasteiger partial charge in [-0.05, 0) is 30.7 Å². The predicted octanol–water partition coefficient (Wildman–Crippen LogP) is 2.12. The van der Waals surface area contributed by atoms with Gasteiger partial charge in [-0.15, -0.1) is 0 Å².